The molecule has 1 aliphatic carbocycles. The van der Waals surface area contributed by atoms with Gasteiger partial charge in [0.25, 0.3) is 0 Å². The summed E-state index contributed by atoms with van der Waals surface area (Å²) < 4.78 is 37.3. The number of aromatic nitrogens is 1. The number of esters is 1. The van der Waals surface area contributed by atoms with Gasteiger partial charge in [0.1, 0.15) is 23.4 Å². The summed E-state index contributed by atoms with van der Waals surface area (Å²) in [7, 11) is 1.38. The lowest BCUT2D eigenvalue weighted by molar-refractivity contribution is -0.141. The van der Waals surface area contributed by atoms with Crippen molar-refractivity contribution in [2.45, 2.75) is 31.3 Å². The Kier molecular flexibility index (Phi) is 5.68. The number of rotatable bonds is 6. The Balaban J connectivity index is 1.30. The third-order valence-corrected chi connectivity index (χ3v) is 6.96. The van der Waals surface area contributed by atoms with Gasteiger partial charge in [-0.25, -0.2) is 4.39 Å². The maximum Gasteiger partial charge on any atom is 0.306 e. The summed E-state index contributed by atoms with van der Waals surface area (Å²) in [4.78, 5) is 16.3. The second kappa shape index (κ2) is 9.15. The van der Waals surface area contributed by atoms with Gasteiger partial charge in [0.2, 0.25) is 0 Å². The molecule has 0 N–H and O–H groups in total. The van der Waals surface area contributed by atoms with Gasteiger partial charge in [-0.3, -0.25) is 9.78 Å². The molecule has 4 aromatic rings. The molecule has 0 fully saturated rings. The molecule has 3 heterocycles. The topological polar surface area (TPSA) is 70.8 Å². The predicted molar refractivity (Wildman–Crippen MR) is 130 cm³/mol. The Morgan fingerprint density at radius 2 is 2.08 bits per heavy atom. The van der Waals surface area contributed by atoms with E-state index in [4.69, 9.17) is 18.6 Å². The Bertz CT molecular complexity index is 1430. The summed E-state index contributed by atoms with van der Waals surface area (Å²) in [6, 6.07) is 14.7. The molecule has 2 atom stereocenters. The predicted octanol–water partition coefficient (Wildman–Crippen LogP) is 6.25. The second-order valence-corrected chi connectivity index (χ2v) is 9.03. The SMILES string of the molecule is COC(=O)CC1COc2cc(OC3CCc4c(-c5cccnc5-c5ccoc5)ccc(F)c43)ccc21. The molecule has 0 saturated carbocycles. The van der Waals surface area contributed by atoms with E-state index in [2.05, 4.69) is 4.98 Å². The summed E-state index contributed by atoms with van der Waals surface area (Å²) in [5, 5.41) is 0. The molecule has 2 unspecified atom stereocenters. The zero-order valence-corrected chi connectivity index (χ0v) is 19.7. The van der Waals surface area contributed by atoms with E-state index in [0.29, 0.717) is 36.5 Å². The molecule has 0 saturated heterocycles. The van der Waals surface area contributed by atoms with Crippen molar-refractivity contribution in [1.29, 1.82) is 0 Å². The third kappa shape index (κ3) is 3.90. The average Bonchev–Trinajstić information content (AvgIpc) is 3.66. The molecule has 6 rings (SSSR count). The number of furan rings is 1. The van der Waals surface area contributed by atoms with Crippen LogP contribution in [-0.2, 0) is 16.0 Å². The molecular formula is C29H24FNO5. The fourth-order valence-electron chi connectivity index (χ4n) is 5.24. The number of methoxy groups -OCH3 is 1. The van der Waals surface area contributed by atoms with E-state index >= 15 is 4.39 Å². The van der Waals surface area contributed by atoms with E-state index in [1.165, 1.54) is 13.2 Å². The molecule has 0 radical (unpaired) electrons. The van der Waals surface area contributed by atoms with Crippen LogP contribution in [0.4, 0.5) is 4.39 Å². The molecule has 2 aromatic heterocycles. The van der Waals surface area contributed by atoms with E-state index in [9.17, 15) is 4.79 Å². The van der Waals surface area contributed by atoms with Gasteiger partial charge in [0, 0.05) is 40.4 Å². The molecule has 7 heteroatoms. The largest absolute Gasteiger partial charge is 0.492 e. The minimum Gasteiger partial charge on any atom is -0.492 e. The first-order valence-electron chi connectivity index (χ1n) is 11.9. The lowest BCUT2D eigenvalue weighted by Gasteiger charge is -2.18. The molecule has 0 amide bonds. The molecule has 1 aliphatic heterocycles. The third-order valence-electron chi connectivity index (χ3n) is 6.96. The summed E-state index contributed by atoms with van der Waals surface area (Å²) in [5.41, 5.74) is 6.02. The van der Waals surface area contributed by atoms with Crippen molar-refractivity contribution in [3.63, 3.8) is 0 Å². The summed E-state index contributed by atoms with van der Waals surface area (Å²) >= 11 is 0. The maximum atomic E-state index is 15.2. The van der Waals surface area contributed by atoms with Gasteiger partial charge in [-0.15, -0.1) is 0 Å². The zero-order valence-electron chi connectivity index (χ0n) is 19.7. The molecule has 0 bridgehead atoms. The van der Waals surface area contributed by atoms with Crippen molar-refractivity contribution in [2.24, 2.45) is 0 Å². The quantitative estimate of drug-likeness (QED) is 0.301. The van der Waals surface area contributed by atoms with Crippen LogP contribution in [0.5, 0.6) is 11.5 Å². The minimum atomic E-state index is -0.417. The molecular weight excluding hydrogens is 461 g/mol. The van der Waals surface area contributed by atoms with Crippen molar-refractivity contribution >= 4 is 5.97 Å². The van der Waals surface area contributed by atoms with Crippen molar-refractivity contribution in [3.8, 4) is 33.9 Å². The van der Waals surface area contributed by atoms with Gasteiger partial charge in [-0.05, 0) is 48.2 Å². The van der Waals surface area contributed by atoms with E-state index in [0.717, 1.165) is 33.5 Å². The number of benzene rings is 2. The molecule has 2 aliphatic rings. The van der Waals surface area contributed by atoms with Crippen LogP contribution in [-0.4, -0.2) is 24.7 Å². The number of carbonyl (C=O) groups excluding carboxylic acids is 1. The molecule has 182 valence electrons. The number of ether oxygens (including phenoxy) is 3. The zero-order chi connectivity index (χ0) is 24.6. The Morgan fingerprint density at radius 3 is 2.92 bits per heavy atom. The van der Waals surface area contributed by atoms with Crippen LogP contribution in [0.1, 0.15) is 41.6 Å². The molecule has 0 spiro atoms. The lowest BCUT2D eigenvalue weighted by atomic mass is 9.94. The number of halogens is 1. The van der Waals surface area contributed by atoms with Gasteiger partial charge in [-0.1, -0.05) is 18.2 Å². The van der Waals surface area contributed by atoms with Crippen LogP contribution in [0.3, 0.4) is 0 Å². The highest BCUT2D eigenvalue weighted by atomic mass is 19.1. The second-order valence-electron chi connectivity index (χ2n) is 9.03. The van der Waals surface area contributed by atoms with Crippen LogP contribution < -0.4 is 9.47 Å². The monoisotopic (exact) mass is 485 g/mol. The van der Waals surface area contributed by atoms with Crippen LogP contribution >= 0.6 is 0 Å². The number of nitrogens with zero attached hydrogens (tertiary/aromatic N) is 1. The van der Waals surface area contributed by atoms with Crippen molar-refractivity contribution in [2.75, 3.05) is 13.7 Å². The van der Waals surface area contributed by atoms with E-state index in [1.807, 2.05) is 42.5 Å². The fourth-order valence-corrected chi connectivity index (χ4v) is 5.24. The summed E-state index contributed by atoms with van der Waals surface area (Å²) in [5.74, 6) is 0.706. The van der Waals surface area contributed by atoms with Crippen molar-refractivity contribution < 1.29 is 27.8 Å². The first-order valence-corrected chi connectivity index (χ1v) is 11.9. The first kappa shape index (κ1) is 22.3. The lowest BCUT2D eigenvalue weighted by Crippen LogP contribution is -2.09. The number of hydrogen-bond acceptors (Lipinski definition) is 6. The first-order chi connectivity index (χ1) is 17.6. The fraction of sp³-hybridized carbons (Fsp3) is 0.241. The van der Waals surface area contributed by atoms with Gasteiger partial charge in [0.15, 0.2) is 0 Å². The normalized spacial score (nSPS) is 17.8. The van der Waals surface area contributed by atoms with Gasteiger partial charge in [-0.2, -0.15) is 0 Å². The molecule has 36 heavy (non-hydrogen) atoms. The van der Waals surface area contributed by atoms with Crippen molar-refractivity contribution in [1.82, 2.24) is 4.98 Å². The van der Waals surface area contributed by atoms with Crippen LogP contribution in [0.25, 0.3) is 22.4 Å². The molecule has 6 nitrogen and oxygen atoms in total. The van der Waals surface area contributed by atoms with Crippen LogP contribution in [0.15, 0.2) is 71.7 Å². The Labute approximate surface area is 207 Å². The van der Waals surface area contributed by atoms with Crippen LogP contribution in [0.2, 0.25) is 0 Å². The Hall–Kier alpha value is -4.13. The Morgan fingerprint density at radius 1 is 1.17 bits per heavy atom. The van der Waals surface area contributed by atoms with Gasteiger partial charge < -0.3 is 18.6 Å². The van der Waals surface area contributed by atoms with Crippen LogP contribution in [0, 0.1) is 5.82 Å². The highest BCUT2D eigenvalue weighted by molar-refractivity contribution is 5.83. The van der Waals surface area contributed by atoms with E-state index in [1.54, 1.807) is 18.7 Å². The van der Waals surface area contributed by atoms with E-state index in [-0.39, 0.29) is 24.1 Å². The van der Waals surface area contributed by atoms with Gasteiger partial charge in [0.05, 0.1) is 38.4 Å². The standard InChI is InChI=1S/C29H24FNO5/c1-33-27(32)13-18-16-35-26-14-19(4-5-20(18)26)36-25-9-7-22-21(6-8-24(30)28(22)25)23-3-2-11-31-29(23)17-10-12-34-15-17/h2-6,8,10-12,14-15,18,25H,7,9,13,16H2,1H3. The smallest absolute Gasteiger partial charge is 0.306 e. The summed E-state index contributed by atoms with van der Waals surface area (Å²) in [6.45, 7) is 0.419. The highest BCUT2D eigenvalue weighted by Gasteiger charge is 2.32. The maximum absolute atomic E-state index is 15.2. The van der Waals surface area contributed by atoms with Crippen molar-refractivity contribution in [3.05, 3.63) is 89.8 Å². The van der Waals surface area contributed by atoms with Gasteiger partial charge >= 0.3 is 5.97 Å². The number of carbonyl (C=O) groups is 1. The van der Waals surface area contributed by atoms with E-state index < -0.39 is 6.10 Å². The highest BCUT2D eigenvalue weighted by Crippen LogP contribution is 2.45. The number of fused-ring (bicyclic) bond motifs is 2. The average molecular weight is 486 g/mol. The molecule has 2 aromatic carbocycles. The summed E-state index contributed by atoms with van der Waals surface area (Å²) in [6.07, 6.45) is 6.22. The number of pyridine rings is 1. The minimum absolute atomic E-state index is 0.0439. The number of hydrogen-bond donors (Lipinski definition) is 0.